The van der Waals surface area contributed by atoms with Crippen molar-refractivity contribution >= 4 is 40.3 Å². The number of H-pyrrole nitrogens is 1. The van der Waals surface area contributed by atoms with Gasteiger partial charge in [-0.3, -0.25) is 4.79 Å². The van der Waals surface area contributed by atoms with E-state index in [1.807, 2.05) is 26.0 Å². The molecular formula is C13H16ClN3OS. The van der Waals surface area contributed by atoms with Gasteiger partial charge in [-0.05, 0) is 31.5 Å². The van der Waals surface area contributed by atoms with Crippen LogP contribution in [0.25, 0.3) is 11.0 Å². The maximum Gasteiger partial charge on any atom is 0.230 e. The van der Waals surface area contributed by atoms with Gasteiger partial charge in [-0.2, -0.15) is 0 Å². The molecule has 0 saturated heterocycles. The van der Waals surface area contributed by atoms with Gasteiger partial charge in [-0.15, -0.1) is 0 Å². The van der Waals surface area contributed by atoms with E-state index in [-0.39, 0.29) is 11.9 Å². The van der Waals surface area contributed by atoms with E-state index in [4.69, 9.17) is 11.6 Å². The average Bonchev–Trinajstić information content (AvgIpc) is 2.78. The number of benzene rings is 1. The Morgan fingerprint density at radius 3 is 3.11 bits per heavy atom. The van der Waals surface area contributed by atoms with Gasteiger partial charge >= 0.3 is 0 Å². The fourth-order valence-corrected chi connectivity index (χ4v) is 2.45. The standard InChI is InChI=1S/C13H16ClN3OS/c1-3-8(2)15-12(18)7-19-13-16-10-5-4-9(14)6-11(10)17-13/h4-6,8H,3,7H2,1-2H3,(H,15,18)(H,16,17). The molecule has 19 heavy (non-hydrogen) atoms. The molecule has 0 aliphatic carbocycles. The molecule has 0 radical (unpaired) electrons. The molecule has 1 amide bonds. The third-order valence-corrected chi connectivity index (χ3v) is 3.89. The molecule has 0 aliphatic heterocycles. The van der Waals surface area contributed by atoms with Crippen LogP contribution in [0.3, 0.4) is 0 Å². The van der Waals surface area contributed by atoms with Gasteiger partial charge in [-0.25, -0.2) is 4.98 Å². The molecule has 102 valence electrons. The molecule has 0 bridgehead atoms. The van der Waals surface area contributed by atoms with Crippen LogP contribution in [0.15, 0.2) is 23.4 Å². The minimum atomic E-state index is 0.0258. The maximum atomic E-state index is 11.7. The molecule has 2 aromatic rings. The lowest BCUT2D eigenvalue weighted by atomic mass is 10.3. The van der Waals surface area contributed by atoms with Gasteiger partial charge in [0.15, 0.2) is 5.16 Å². The van der Waals surface area contributed by atoms with E-state index in [9.17, 15) is 4.79 Å². The van der Waals surface area contributed by atoms with Crippen LogP contribution in [0, 0.1) is 0 Å². The van der Waals surface area contributed by atoms with E-state index in [0.717, 1.165) is 22.6 Å². The summed E-state index contributed by atoms with van der Waals surface area (Å²) in [4.78, 5) is 19.2. The Morgan fingerprint density at radius 2 is 2.37 bits per heavy atom. The fourth-order valence-electron chi connectivity index (χ4n) is 1.58. The zero-order valence-electron chi connectivity index (χ0n) is 10.9. The van der Waals surface area contributed by atoms with Gasteiger partial charge in [0.1, 0.15) is 0 Å². The number of aromatic amines is 1. The predicted octanol–water partition coefficient (Wildman–Crippen LogP) is 3.22. The molecule has 4 nitrogen and oxygen atoms in total. The van der Waals surface area contributed by atoms with Crippen LogP contribution in [0.1, 0.15) is 20.3 Å². The summed E-state index contributed by atoms with van der Waals surface area (Å²) in [5, 5.41) is 4.32. The van der Waals surface area contributed by atoms with Gasteiger partial charge in [0.05, 0.1) is 16.8 Å². The Bertz CT molecular complexity index is 584. The Labute approximate surface area is 121 Å². The summed E-state index contributed by atoms with van der Waals surface area (Å²) in [6, 6.07) is 5.70. The molecule has 2 N–H and O–H groups in total. The van der Waals surface area contributed by atoms with Gasteiger partial charge < -0.3 is 10.3 Å². The number of amides is 1. The van der Waals surface area contributed by atoms with E-state index < -0.39 is 0 Å². The van der Waals surface area contributed by atoms with Crippen LogP contribution < -0.4 is 5.32 Å². The number of halogens is 1. The van der Waals surface area contributed by atoms with Crippen LogP contribution in [0.2, 0.25) is 5.02 Å². The molecule has 0 fully saturated rings. The average molecular weight is 298 g/mol. The number of carbonyl (C=O) groups excluding carboxylic acids is 1. The fraction of sp³-hybridized carbons (Fsp3) is 0.385. The number of carbonyl (C=O) groups is 1. The maximum absolute atomic E-state index is 11.7. The van der Waals surface area contributed by atoms with E-state index in [1.165, 1.54) is 11.8 Å². The van der Waals surface area contributed by atoms with E-state index in [2.05, 4.69) is 15.3 Å². The number of nitrogens with one attached hydrogen (secondary N) is 2. The smallest absolute Gasteiger partial charge is 0.230 e. The highest BCUT2D eigenvalue weighted by Crippen LogP contribution is 2.21. The zero-order valence-corrected chi connectivity index (χ0v) is 12.4. The first-order chi connectivity index (χ1) is 9.08. The van der Waals surface area contributed by atoms with E-state index >= 15 is 0 Å². The Balaban J connectivity index is 1.96. The molecule has 1 aromatic heterocycles. The van der Waals surface area contributed by atoms with Crippen molar-refractivity contribution < 1.29 is 4.79 Å². The molecule has 0 aliphatic rings. The molecule has 6 heteroatoms. The first kappa shape index (κ1) is 14.2. The van der Waals surface area contributed by atoms with Crippen molar-refractivity contribution in [1.82, 2.24) is 15.3 Å². The second-order valence-electron chi connectivity index (χ2n) is 4.37. The molecule has 0 saturated carbocycles. The Hall–Kier alpha value is -1.20. The van der Waals surface area contributed by atoms with Crippen LogP contribution in [-0.2, 0) is 4.79 Å². The van der Waals surface area contributed by atoms with E-state index in [1.54, 1.807) is 6.07 Å². The van der Waals surface area contributed by atoms with Gasteiger partial charge in [0.2, 0.25) is 5.91 Å². The monoisotopic (exact) mass is 297 g/mol. The zero-order chi connectivity index (χ0) is 13.8. The Morgan fingerprint density at radius 1 is 1.58 bits per heavy atom. The van der Waals surface area contributed by atoms with Crippen molar-refractivity contribution in [2.45, 2.75) is 31.5 Å². The van der Waals surface area contributed by atoms with Gasteiger partial charge in [0.25, 0.3) is 0 Å². The molecule has 1 atom stereocenters. The largest absolute Gasteiger partial charge is 0.353 e. The molecule has 0 spiro atoms. The van der Waals surface area contributed by atoms with Crippen molar-refractivity contribution in [3.8, 4) is 0 Å². The molecule has 1 aromatic carbocycles. The number of imidazole rings is 1. The first-order valence-corrected chi connectivity index (χ1v) is 7.52. The predicted molar refractivity (Wildman–Crippen MR) is 79.7 cm³/mol. The highest BCUT2D eigenvalue weighted by atomic mass is 35.5. The molecule has 1 heterocycles. The number of fused-ring (bicyclic) bond motifs is 1. The number of thioether (sulfide) groups is 1. The molecule has 2 rings (SSSR count). The normalized spacial score (nSPS) is 12.6. The third kappa shape index (κ3) is 3.88. The number of rotatable bonds is 5. The number of aromatic nitrogens is 2. The van der Waals surface area contributed by atoms with Gasteiger partial charge in [0, 0.05) is 11.1 Å². The van der Waals surface area contributed by atoms with Crippen LogP contribution >= 0.6 is 23.4 Å². The van der Waals surface area contributed by atoms with Gasteiger partial charge in [-0.1, -0.05) is 30.3 Å². The summed E-state index contributed by atoms with van der Waals surface area (Å²) in [7, 11) is 0. The number of hydrogen-bond donors (Lipinski definition) is 2. The summed E-state index contributed by atoms with van der Waals surface area (Å²) >= 11 is 7.30. The summed E-state index contributed by atoms with van der Waals surface area (Å²) in [6.07, 6.45) is 0.930. The minimum absolute atomic E-state index is 0.0258. The highest BCUT2D eigenvalue weighted by molar-refractivity contribution is 7.99. The lowest BCUT2D eigenvalue weighted by molar-refractivity contribution is -0.119. The van der Waals surface area contributed by atoms with Crippen molar-refractivity contribution in [2.24, 2.45) is 0 Å². The third-order valence-electron chi connectivity index (χ3n) is 2.78. The van der Waals surface area contributed by atoms with Crippen LogP contribution in [-0.4, -0.2) is 27.7 Å². The lowest BCUT2D eigenvalue weighted by Crippen LogP contribution is -2.33. The second-order valence-corrected chi connectivity index (χ2v) is 5.77. The number of nitrogens with zero attached hydrogens (tertiary/aromatic N) is 1. The number of hydrogen-bond acceptors (Lipinski definition) is 3. The summed E-state index contributed by atoms with van der Waals surface area (Å²) < 4.78 is 0. The SMILES string of the molecule is CCC(C)NC(=O)CSc1nc2ccc(Cl)cc2[nH]1. The van der Waals surface area contributed by atoms with Crippen LogP contribution in [0.5, 0.6) is 0 Å². The van der Waals surface area contributed by atoms with E-state index in [0.29, 0.717) is 10.8 Å². The highest BCUT2D eigenvalue weighted by Gasteiger charge is 2.09. The molecular weight excluding hydrogens is 282 g/mol. The topological polar surface area (TPSA) is 57.8 Å². The Kier molecular flexibility index (Phi) is 4.71. The second kappa shape index (κ2) is 6.30. The first-order valence-electron chi connectivity index (χ1n) is 6.16. The van der Waals surface area contributed by atoms with Crippen molar-refractivity contribution in [2.75, 3.05) is 5.75 Å². The lowest BCUT2D eigenvalue weighted by Gasteiger charge is -2.10. The summed E-state index contributed by atoms with van der Waals surface area (Å²) in [5.74, 6) is 0.385. The quantitative estimate of drug-likeness (QED) is 0.833. The molecule has 1 unspecified atom stereocenters. The minimum Gasteiger partial charge on any atom is -0.353 e. The van der Waals surface area contributed by atoms with Crippen molar-refractivity contribution in [3.63, 3.8) is 0 Å². The van der Waals surface area contributed by atoms with Crippen LogP contribution in [0.4, 0.5) is 0 Å². The summed E-state index contributed by atoms with van der Waals surface area (Å²) in [5.41, 5.74) is 1.74. The van der Waals surface area contributed by atoms with Crippen molar-refractivity contribution in [3.05, 3.63) is 23.2 Å². The van der Waals surface area contributed by atoms with Crippen molar-refractivity contribution in [1.29, 1.82) is 0 Å². The summed E-state index contributed by atoms with van der Waals surface area (Å²) in [6.45, 7) is 4.03.